The molecule has 1 heterocycles. The van der Waals surface area contributed by atoms with E-state index in [-0.39, 0.29) is 11.7 Å². The monoisotopic (exact) mass is 337 g/mol. The van der Waals surface area contributed by atoms with Gasteiger partial charge in [-0.3, -0.25) is 4.79 Å². The lowest BCUT2D eigenvalue weighted by atomic mass is 10.1. The van der Waals surface area contributed by atoms with Gasteiger partial charge >= 0.3 is 0 Å². The lowest BCUT2D eigenvalue weighted by Crippen LogP contribution is -2.41. The largest absolute Gasteiger partial charge is 0.494 e. The number of hydrogen-bond donors (Lipinski definition) is 0. The predicted octanol–water partition coefficient (Wildman–Crippen LogP) is 2.92. The van der Waals surface area contributed by atoms with Crippen LogP contribution >= 0.6 is 0 Å². The van der Waals surface area contributed by atoms with Crippen molar-refractivity contribution >= 4 is 21.4 Å². The maximum Gasteiger partial charge on any atom is 0.227 e. The predicted molar refractivity (Wildman–Crippen MR) is 91.3 cm³/mol. The summed E-state index contributed by atoms with van der Waals surface area (Å²) in [6.07, 6.45) is 3.71. The molecule has 1 aromatic carbocycles. The van der Waals surface area contributed by atoms with E-state index >= 15 is 0 Å². The molecule has 5 nitrogen and oxygen atoms in total. The van der Waals surface area contributed by atoms with Gasteiger partial charge in [0.15, 0.2) is 9.84 Å². The third-order valence-electron chi connectivity index (χ3n) is 3.68. The highest BCUT2D eigenvalue weighted by molar-refractivity contribution is 7.94. The summed E-state index contributed by atoms with van der Waals surface area (Å²) in [5.74, 6) is 0.618. The second-order valence-electron chi connectivity index (χ2n) is 5.52. The van der Waals surface area contributed by atoms with Crippen LogP contribution in [-0.4, -0.2) is 32.7 Å². The highest BCUT2D eigenvalue weighted by atomic mass is 32.2. The number of rotatable bonds is 7. The Hall–Kier alpha value is -1.82. The zero-order valence-electron chi connectivity index (χ0n) is 13.6. The SMILES string of the molecule is CCCCC(=O)N(c1ccc(OCC)cc1)[C@@H]1C=CS(=O)(=O)C1. The Bertz CT molecular complexity index is 664. The van der Waals surface area contributed by atoms with Crippen molar-refractivity contribution in [3.63, 3.8) is 0 Å². The standard InChI is InChI=1S/C17H23NO4S/c1-3-5-6-17(19)18(15-11-12-23(20,21)13-15)14-7-9-16(10-8-14)22-4-2/h7-12,15H,3-6,13H2,1-2H3/t15-/m1/s1. The van der Waals surface area contributed by atoms with Crippen LogP contribution < -0.4 is 9.64 Å². The van der Waals surface area contributed by atoms with E-state index in [0.717, 1.165) is 18.6 Å². The van der Waals surface area contributed by atoms with Crippen molar-refractivity contribution in [2.75, 3.05) is 17.3 Å². The van der Waals surface area contributed by atoms with Crippen molar-refractivity contribution in [3.05, 3.63) is 35.7 Å². The van der Waals surface area contributed by atoms with Gasteiger partial charge in [0.05, 0.1) is 18.4 Å². The van der Waals surface area contributed by atoms with E-state index in [2.05, 4.69) is 0 Å². The molecular weight excluding hydrogens is 314 g/mol. The average molecular weight is 337 g/mol. The average Bonchev–Trinajstić information content (AvgIpc) is 2.87. The summed E-state index contributed by atoms with van der Waals surface area (Å²) in [6, 6.07) is 6.75. The topological polar surface area (TPSA) is 63.7 Å². The van der Waals surface area contributed by atoms with Gasteiger partial charge in [0.1, 0.15) is 5.75 Å². The van der Waals surface area contributed by atoms with Crippen molar-refractivity contribution in [3.8, 4) is 5.75 Å². The Morgan fingerprint density at radius 3 is 2.48 bits per heavy atom. The number of hydrogen-bond acceptors (Lipinski definition) is 4. The Balaban J connectivity index is 2.26. The number of anilines is 1. The summed E-state index contributed by atoms with van der Waals surface area (Å²) in [4.78, 5) is 14.2. The van der Waals surface area contributed by atoms with Crippen LogP contribution in [0.1, 0.15) is 33.1 Å². The summed E-state index contributed by atoms with van der Waals surface area (Å²) in [5.41, 5.74) is 0.696. The smallest absolute Gasteiger partial charge is 0.227 e. The number of benzene rings is 1. The van der Waals surface area contributed by atoms with Gasteiger partial charge in [0.25, 0.3) is 0 Å². The molecule has 1 amide bonds. The molecule has 1 atom stereocenters. The molecule has 0 aromatic heterocycles. The minimum atomic E-state index is -3.22. The summed E-state index contributed by atoms with van der Waals surface area (Å²) >= 11 is 0. The zero-order chi connectivity index (χ0) is 16.9. The molecule has 0 fully saturated rings. The zero-order valence-corrected chi connectivity index (χ0v) is 14.4. The molecule has 23 heavy (non-hydrogen) atoms. The molecule has 1 aliphatic heterocycles. The Morgan fingerprint density at radius 1 is 1.26 bits per heavy atom. The summed E-state index contributed by atoms with van der Waals surface area (Å²) < 4.78 is 28.8. The van der Waals surface area contributed by atoms with Crippen LogP contribution in [0.25, 0.3) is 0 Å². The van der Waals surface area contributed by atoms with E-state index in [9.17, 15) is 13.2 Å². The molecule has 0 spiro atoms. The number of carbonyl (C=O) groups is 1. The molecule has 0 N–H and O–H groups in total. The molecule has 6 heteroatoms. The fourth-order valence-electron chi connectivity index (χ4n) is 2.56. The molecular formula is C17H23NO4S. The van der Waals surface area contributed by atoms with Crippen LogP contribution in [0, 0.1) is 0 Å². The molecule has 0 unspecified atom stereocenters. The van der Waals surface area contributed by atoms with Gasteiger partial charge in [-0.1, -0.05) is 13.3 Å². The lowest BCUT2D eigenvalue weighted by Gasteiger charge is -2.28. The van der Waals surface area contributed by atoms with Crippen LogP contribution in [0.4, 0.5) is 5.69 Å². The number of carbonyl (C=O) groups excluding carboxylic acids is 1. The van der Waals surface area contributed by atoms with E-state index in [4.69, 9.17) is 4.74 Å². The number of ether oxygens (including phenoxy) is 1. The fraction of sp³-hybridized carbons (Fsp3) is 0.471. The lowest BCUT2D eigenvalue weighted by molar-refractivity contribution is -0.118. The minimum Gasteiger partial charge on any atom is -0.494 e. The molecule has 0 bridgehead atoms. The van der Waals surface area contributed by atoms with Crippen LogP contribution in [0.3, 0.4) is 0 Å². The van der Waals surface area contributed by atoms with Gasteiger partial charge in [0.2, 0.25) is 5.91 Å². The molecule has 2 rings (SSSR count). The van der Waals surface area contributed by atoms with Crippen molar-refractivity contribution in [1.82, 2.24) is 0 Å². The first-order valence-corrected chi connectivity index (χ1v) is 9.64. The third kappa shape index (κ3) is 4.58. The van der Waals surface area contributed by atoms with Gasteiger partial charge in [-0.05, 0) is 43.7 Å². The van der Waals surface area contributed by atoms with Gasteiger partial charge in [0, 0.05) is 17.5 Å². The number of amides is 1. The maximum atomic E-state index is 12.6. The van der Waals surface area contributed by atoms with Crippen LogP contribution in [0.15, 0.2) is 35.7 Å². The van der Waals surface area contributed by atoms with Gasteiger partial charge in [-0.25, -0.2) is 8.42 Å². The van der Waals surface area contributed by atoms with E-state index in [1.54, 1.807) is 35.2 Å². The first-order valence-electron chi connectivity index (χ1n) is 7.92. The van der Waals surface area contributed by atoms with Crippen molar-refractivity contribution in [1.29, 1.82) is 0 Å². The Kier molecular flexibility index (Phi) is 5.82. The van der Waals surface area contributed by atoms with E-state index in [1.807, 2.05) is 13.8 Å². The van der Waals surface area contributed by atoms with Crippen LogP contribution in [-0.2, 0) is 14.6 Å². The molecule has 1 aliphatic rings. The van der Waals surface area contributed by atoms with Crippen LogP contribution in [0.5, 0.6) is 5.75 Å². The molecule has 0 radical (unpaired) electrons. The number of unbranched alkanes of at least 4 members (excludes halogenated alkanes) is 1. The second kappa shape index (κ2) is 7.64. The first-order chi connectivity index (χ1) is 11.0. The minimum absolute atomic E-state index is 0.0530. The highest BCUT2D eigenvalue weighted by Gasteiger charge is 2.31. The fourth-order valence-corrected chi connectivity index (χ4v) is 3.83. The second-order valence-corrected chi connectivity index (χ2v) is 7.45. The molecule has 126 valence electrons. The third-order valence-corrected chi connectivity index (χ3v) is 5.06. The van der Waals surface area contributed by atoms with Gasteiger partial charge < -0.3 is 9.64 Å². The Labute approximate surface area is 137 Å². The molecule has 0 saturated heterocycles. The van der Waals surface area contributed by atoms with Crippen molar-refractivity contribution in [2.45, 2.75) is 39.2 Å². The Morgan fingerprint density at radius 2 is 1.96 bits per heavy atom. The molecule has 0 saturated carbocycles. The van der Waals surface area contributed by atoms with E-state index < -0.39 is 15.9 Å². The molecule has 1 aromatic rings. The van der Waals surface area contributed by atoms with Gasteiger partial charge in [-0.2, -0.15) is 0 Å². The van der Waals surface area contributed by atoms with Gasteiger partial charge in [-0.15, -0.1) is 0 Å². The summed E-state index contributed by atoms with van der Waals surface area (Å²) in [6.45, 7) is 4.50. The highest BCUT2D eigenvalue weighted by Crippen LogP contribution is 2.26. The van der Waals surface area contributed by atoms with Crippen LogP contribution in [0.2, 0.25) is 0 Å². The number of sulfone groups is 1. The normalized spacial score (nSPS) is 18.8. The quantitative estimate of drug-likeness (QED) is 0.767. The summed E-state index contributed by atoms with van der Waals surface area (Å²) in [5, 5.41) is 1.20. The van der Waals surface area contributed by atoms with E-state index in [1.165, 1.54) is 5.41 Å². The molecule has 0 aliphatic carbocycles. The van der Waals surface area contributed by atoms with E-state index in [0.29, 0.717) is 18.7 Å². The summed E-state index contributed by atoms with van der Waals surface area (Å²) in [7, 11) is -3.22. The van der Waals surface area contributed by atoms with Crippen molar-refractivity contribution in [2.24, 2.45) is 0 Å². The number of nitrogens with zero attached hydrogens (tertiary/aromatic N) is 1. The first kappa shape index (κ1) is 17.5. The van der Waals surface area contributed by atoms with Crippen molar-refractivity contribution < 1.29 is 17.9 Å². The maximum absolute atomic E-state index is 12.6.